The fourth-order valence-electron chi connectivity index (χ4n) is 3.29. The van der Waals surface area contributed by atoms with Gasteiger partial charge in [-0.15, -0.1) is 0 Å². The molecular formula is C22H21FN4O2. The number of carbonyl (C=O) groups excluding carboxylic acids is 1. The molecule has 1 aliphatic rings. The van der Waals surface area contributed by atoms with Gasteiger partial charge in [0.2, 0.25) is 5.88 Å². The number of piperazine rings is 1. The van der Waals surface area contributed by atoms with Crippen LogP contribution in [0.1, 0.15) is 16.2 Å². The number of nitrogens with zero attached hydrogens (tertiary/aromatic N) is 4. The summed E-state index contributed by atoms with van der Waals surface area (Å²) in [6, 6.07) is 17.1. The van der Waals surface area contributed by atoms with Gasteiger partial charge in [-0.25, -0.2) is 9.37 Å². The number of aromatic nitrogens is 2. The fourth-order valence-corrected chi connectivity index (χ4v) is 3.29. The lowest BCUT2D eigenvalue weighted by Gasteiger charge is -2.35. The first kappa shape index (κ1) is 18.9. The molecule has 2 aromatic carbocycles. The molecule has 1 aliphatic heterocycles. The van der Waals surface area contributed by atoms with Crippen LogP contribution in [0, 0.1) is 12.7 Å². The smallest absolute Gasteiger partial charge is 0.254 e. The summed E-state index contributed by atoms with van der Waals surface area (Å²) in [4.78, 5) is 25.3. The van der Waals surface area contributed by atoms with Crippen molar-refractivity contribution in [2.24, 2.45) is 0 Å². The number of carbonyl (C=O) groups is 1. The van der Waals surface area contributed by atoms with Crippen molar-refractivity contribution in [3.05, 3.63) is 77.9 Å². The van der Waals surface area contributed by atoms with Gasteiger partial charge in [-0.05, 0) is 37.3 Å². The highest BCUT2D eigenvalue weighted by Gasteiger charge is 2.23. The molecule has 0 N–H and O–H groups in total. The van der Waals surface area contributed by atoms with Gasteiger partial charge in [0.1, 0.15) is 23.2 Å². The van der Waals surface area contributed by atoms with E-state index in [9.17, 15) is 9.18 Å². The van der Waals surface area contributed by atoms with Crippen molar-refractivity contribution in [1.29, 1.82) is 0 Å². The quantitative estimate of drug-likeness (QED) is 0.678. The molecule has 0 atom stereocenters. The molecule has 0 unspecified atom stereocenters. The van der Waals surface area contributed by atoms with Crippen LogP contribution in [0.25, 0.3) is 0 Å². The Kier molecular flexibility index (Phi) is 5.37. The number of rotatable bonds is 4. The van der Waals surface area contributed by atoms with E-state index in [4.69, 9.17) is 4.74 Å². The maximum Gasteiger partial charge on any atom is 0.254 e. The number of halogens is 1. The van der Waals surface area contributed by atoms with Gasteiger partial charge in [0, 0.05) is 37.8 Å². The van der Waals surface area contributed by atoms with Crippen LogP contribution >= 0.6 is 0 Å². The minimum absolute atomic E-state index is 0.156. The van der Waals surface area contributed by atoms with Crippen LogP contribution in [0.3, 0.4) is 0 Å². The summed E-state index contributed by atoms with van der Waals surface area (Å²) in [7, 11) is 0. The summed E-state index contributed by atoms with van der Waals surface area (Å²) in [6.45, 7) is 4.15. The number of para-hydroxylation sites is 1. The first-order valence-corrected chi connectivity index (χ1v) is 9.47. The van der Waals surface area contributed by atoms with Crippen LogP contribution in [0.15, 0.2) is 60.7 Å². The zero-order valence-corrected chi connectivity index (χ0v) is 16.1. The molecule has 0 spiro atoms. The van der Waals surface area contributed by atoms with Crippen molar-refractivity contribution in [2.45, 2.75) is 6.92 Å². The molecule has 1 fully saturated rings. The molecule has 0 radical (unpaired) electrons. The minimum Gasteiger partial charge on any atom is -0.439 e. The SMILES string of the molecule is Cc1nc(Oc2ccccc2)cc(N2CCN(C(=O)c3cccc(F)c3)CC2)n1. The Bertz CT molecular complexity index is 1000. The molecule has 2 heterocycles. The van der Waals surface area contributed by atoms with Crippen molar-refractivity contribution in [2.75, 3.05) is 31.1 Å². The number of amides is 1. The van der Waals surface area contributed by atoms with E-state index in [1.807, 2.05) is 43.3 Å². The topological polar surface area (TPSA) is 58.6 Å². The highest BCUT2D eigenvalue weighted by atomic mass is 19.1. The van der Waals surface area contributed by atoms with Gasteiger partial charge in [0.15, 0.2) is 0 Å². The van der Waals surface area contributed by atoms with E-state index in [2.05, 4.69) is 14.9 Å². The summed E-state index contributed by atoms with van der Waals surface area (Å²) in [5.74, 6) is 2.01. The number of ether oxygens (including phenoxy) is 1. The zero-order valence-electron chi connectivity index (χ0n) is 16.1. The molecule has 1 saturated heterocycles. The van der Waals surface area contributed by atoms with E-state index in [-0.39, 0.29) is 5.91 Å². The fraction of sp³-hybridized carbons (Fsp3) is 0.227. The maximum atomic E-state index is 13.4. The van der Waals surface area contributed by atoms with Crippen molar-refractivity contribution in [1.82, 2.24) is 14.9 Å². The molecule has 1 amide bonds. The standard InChI is InChI=1S/C22H21FN4O2/c1-16-24-20(15-21(25-16)29-19-8-3-2-4-9-19)26-10-12-27(13-11-26)22(28)17-6-5-7-18(23)14-17/h2-9,14-15H,10-13H2,1H3. The first-order valence-electron chi connectivity index (χ1n) is 9.47. The second-order valence-electron chi connectivity index (χ2n) is 6.82. The molecule has 0 aliphatic carbocycles. The third-order valence-electron chi connectivity index (χ3n) is 4.73. The van der Waals surface area contributed by atoms with Gasteiger partial charge >= 0.3 is 0 Å². The second-order valence-corrected chi connectivity index (χ2v) is 6.82. The van der Waals surface area contributed by atoms with Crippen molar-refractivity contribution >= 4 is 11.7 Å². The van der Waals surface area contributed by atoms with Crippen molar-refractivity contribution in [3.63, 3.8) is 0 Å². The van der Waals surface area contributed by atoms with Crippen LogP contribution in [0.5, 0.6) is 11.6 Å². The first-order chi connectivity index (χ1) is 14.1. The summed E-state index contributed by atoms with van der Waals surface area (Å²) < 4.78 is 19.2. The van der Waals surface area contributed by atoms with E-state index >= 15 is 0 Å². The lowest BCUT2D eigenvalue weighted by Crippen LogP contribution is -2.49. The van der Waals surface area contributed by atoms with E-state index in [0.29, 0.717) is 49.2 Å². The molecule has 3 aromatic rings. The van der Waals surface area contributed by atoms with Crippen LogP contribution in [-0.4, -0.2) is 47.0 Å². The Morgan fingerprint density at radius 2 is 1.72 bits per heavy atom. The van der Waals surface area contributed by atoms with Gasteiger partial charge in [-0.3, -0.25) is 4.79 Å². The Hall–Kier alpha value is -3.48. The predicted molar refractivity (Wildman–Crippen MR) is 108 cm³/mol. The van der Waals surface area contributed by atoms with Crippen molar-refractivity contribution < 1.29 is 13.9 Å². The van der Waals surface area contributed by atoms with Gasteiger partial charge < -0.3 is 14.5 Å². The summed E-state index contributed by atoms with van der Waals surface area (Å²) >= 11 is 0. The Labute approximate surface area is 168 Å². The van der Waals surface area contributed by atoms with Gasteiger partial charge in [0.25, 0.3) is 5.91 Å². The number of hydrogen-bond donors (Lipinski definition) is 0. The highest BCUT2D eigenvalue weighted by Crippen LogP contribution is 2.24. The summed E-state index contributed by atoms with van der Waals surface area (Å²) in [5.41, 5.74) is 0.370. The van der Waals surface area contributed by atoms with Crippen LogP contribution in [0.2, 0.25) is 0 Å². The zero-order chi connectivity index (χ0) is 20.2. The summed E-state index contributed by atoms with van der Waals surface area (Å²) in [5, 5.41) is 0. The molecule has 6 nitrogen and oxygen atoms in total. The second kappa shape index (κ2) is 8.26. The molecule has 4 rings (SSSR count). The normalized spacial score (nSPS) is 14.0. The van der Waals surface area contributed by atoms with Crippen LogP contribution in [-0.2, 0) is 0 Å². The third kappa shape index (κ3) is 4.51. The largest absolute Gasteiger partial charge is 0.439 e. The Balaban J connectivity index is 1.43. The lowest BCUT2D eigenvalue weighted by molar-refractivity contribution is 0.0746. The van der Waals surface area contributed by atoms with E-state index < -0.39 is 5.82 Å². The molecule has 148 valence electrons. The third-order valence-corrected chi connectivity index (χ3v) is 4.73. The Morgan fingerprint density at radius 1 is 0.966 bits per heavy atom. The lowest BCUT2D eigenvalue weighted by atomic mass is 10.1. The number of hydrogen-bond acceptors (Lipinski definition) is 5. The highest BCUT2D eigenvalue weighted by molar-refractivity contribution is 5.94. The molecule has 1 aromatic heterocycles. The van der Waals surface area contributed by atoms with Gasteiger partial charge in [-0.2, -0.15) is 4.98 Å². The van der Waals surface area contributed by atoms with Crippen molar-refractivity contribution in [3.8, 4) is 11.6 Å². The number of anilines is 1. The average Bonchev–Trinajstić information content (AvgIpc) is 2.74. The number of aryl methyl sites for hydroxylation is 1. The molecule has 7 heteroatoms. The van der Waals surface area contributed by atoms with Crippen LogP contribution < -0.4 is 9.64 Å². The molecule has 29 heavy (non-hydrogen) atoms. The predicted octanol–water partition coefficient (Wildman–Crippen LogP) is 3.68. The molecule has 0 saturated carbocycles. The van der Waals surface area contributed by atoms with Crippen LogP contribution in [0.4, 0.5) is 10.2 Å². The van der Waals surface area contributed by atoms with Gasteiger partial charge in [0.05, 0.1) is 0 Å². The molecular weight excluding hydrogens is 371 g/mol. The summed E-state index contributed by atoms with van der Waals surface area (Å²) in [6.07, 6.45) is 0. The van der Waals surface area contributed by atoms with E-state index in [1.54, 1.807) is 17.0 Å². The molecule has 0 bridgehead atoms. The minimum atomic E-state index is -0.406. The average molecular weight is 392 g/mol. The monoisotopic (exact) mass is 392 g/mol. The van der Waals surface area contributed by atoms with E-state index in [1.165, 1.54) is 12.1 Å². The van der Waals surface area contributed by atoms with Gasteiger partial charge in [-0.1, -0.05) is 24.3 Å². The maximum absolute atomic E-state index is 13.4. The van der Waals surface area contributed by atoms with E-state index in [0.717, 1.165) is 5.82 Å². The Morgan fingerprint density at radius 3 is 2.45 bits per heavy atom. The number of benzene rings is 2.